The van der Waals surface area contributed by atoms with Gasteiger partial charge in [-0.3, -0.25) is 4.79 Å². The molecule has 0 spiro atoms. The molecule has 0 bridgehead atoms. The van der Waals surface area contributed by atoms with Gasteiger partial charge in [0, 0.05) is 12.8 Å². The summed E-state index contributed by atoms with van der Waals surface area (Å²) >= 11 is 0. The van der Waals surface area contributed by atoms with Crippen LogP contribution >= 0.6 is 0 Å². The Bertz CT molecular complexity index is 289. The molecule has 86 valence electrons. The summed E-state index contributed by atoms with van der Waals surface area (Å²) in [5.41, 5.74) is -3.22. The largest absolute Gasteiger partial charge is 0.481 e. The van der Waals surface area contributed by atoms with Crippen LogP contribution in [-0.4, -0.2) is 50.1 Å². The molecule has 8 heteroatoms. The lowest BCUT2D eigenvalue weighted by Gasteiger charge is -2.23. The number of halogens is 1. The van der Waals surface area contributed by atoms with Crippen molar-refractivity contribution in [2.24, 2.45) is 0 Å². The van der Waals surface area contributed by atoms with Crippen molar-refractivity contribution in [3.8, 4) is 0 Å². The SMILES string of the molecule is O=C(O)CCC(O)(C(=O)O)C(F)C(=O)O. The third-order valence-electron chi connectivity index (χ3n) is 1.73. The minimum absolute atomic E-state index is 0.851. The highest BCUT2D eigenvalue weighted by molar-refractivity contribution is 5.87. The monoisotopic (exact) mass is 224 g/mol. The fourth-order valence-electron chi connectivity index (χ4n) is 0.844. The molecule has 0 saturated carbocycles. The zero-order chi connectivity index (χ0) is 12.2. The van der Waals surface area contributed by atoms with E-state index in [4.69, 9.17) is 20.4 Å². The standard InChI is InChI=1S/C7H9FO7/c8-4(5(11)12)7(15,6(13)14)2-1-3(9)10/h4,15H,1-2H2,(H,9,10)(H,11,12)(H,13,14). The van der Waals surface area contributed by atoms with E-state index in [1.54, 1.807) is 0 Å². The Balaban J connectivity index is 4.81. The van der Waals surface area contributed by atoms with E-state index in [1.807, 2.05) is 0 Å². The minimum atomic E-state index is -3.22. The Hall–Kier alpha value is -1.70. The van der Waals surface area contributed by atoms with Gasteiger partial charge < -0.3 is 20.4 Å². The number of hydrogen-bond acceptors (Lipinski definition) is 4. The molecule has 0 aromatic heterocycles. The second kappa shape index (κ2) is 4.69. The van der Waals surface area contributed by atoms with E-state index in [2.05, 4.69) is 0 Å². The third-order valence-corrected chi connectivity index (χ3v) is 1.73. The maximum atomic E-state index is 12.9. The molecule has 0 aliphatic carbocycles. The van der Waals surface area contributed by atoms with Crippen LogP contribution in [0.5, 0.6) is 0 Å². The van der Waals surface area contributed by atoms with Gasteiger partial charge in [0.25, 0.3) is 0 Å². The summed E-state index contributed by atoms with van der Waals surface area (Å²) in [6.07, 6.45) is -4.95. The van der Waals surface area contributed by atoms with Crippen molar-refractivity contribution in [1.82, 2.24) is 0 Å². The molecule has 2 atom stereocenters. The Morgan fingerprint density at radius 2 is 1.67 bits per heavy atom. The van der Waals surface area contributed by atoms with Crippen LogP contribution < -0.4 is 0 Å². The maximum absolute atomic E-state index is 12.9. The Labute approximate surface area is 82.8 Å². The zero-order valence-electron chi connectivity index (χ0n) is 7.38. The van der Waals surface area contributed by atoms with Gasteiger partial charge in [0.1, 0.15) is 0 Å². The van der Waals surface area contributed by atoms with Crippen molar-refractivity contribution in [1.29, 1.82) is 0 Å². The summed E-state index contributed by atoms with van der Waals surface area (Å²) in [5.74, 6) is -5.74. The number of carbonyl (C=O) groups is 3. The average molecular weight is 224 g/mol. The molecule has 0 saturated heterocycles. The summed E-state index contributed by atoms with van der Waals surface area (Å²) in [7, 11) is 0. The first-order valence-electron chi connectivity index (χ1n) is 3.76. The quantitative estimate of drug-likeness (QED) is 0.459. The number of alkyl halides is 1. The molecule has 2 unspecified atom stereocenters. The summed E-state index contributed by atoms with van der Waals surface area (Å²) in [5, 5.41) is 34.0. The van der Waals surface area contributed by atoms with Gasteiger partial charge in [0.05, 0.1) is 0 Å². The van der Waals surface area contributed by atoms with E-state index in [0.29, 0.717) is 0 Å². The molecule has 0 radical (unpaired) electrons. The van der Waals surface area contributed by atoms with E-state index >= 15 is 0 Å². The van der Waals surface area contributed by atoms with Crippen molar-refractivity contribution >= 4 is 17.9 Å². The Morgan fingerprint density at radius 1 is 1.20 bits per heavy atom. The Morgan fingerprint density at radius 3 is 1.93 bits per heavy atom. The van der Waals surface area contributed by atoms with Gasteiger partial charge in [-0.05, 0) is 0 Å². The molecule has 0 aliphatic rings. The average Bonchev–Trinajstić information content (AvgIpc) is 2.12. The fourth-order valence-corrected chi connectivity index (χ4v) is 0.844. The second-order valence-corrected chi connectivity index (χ2v) is 2.82. The Kier molecular flexibility index (Phi) is 4.16. The highest BCUT2D eigenvalue weighted by Gasteiger charge is 2.49. The van der Waals surface area contributed by atoms with Crippen LogP contribution in [-0.2, 0) is 14.4 Å². The topological polar surface area (TPSA) is 132 Å². The minimum Gasteiger partial charge on any atom is -0.481 e. The lowest BCUT2D eigenvalue weighted by molar-refractivity contribution is -0.177. The fraction of sp³-hybridized carbons (Fsp3) is 0.571. The van der Waals surface area contributed by atoms with E-state index in [0.717, 1.165) is 0 Å². The van der Waals surface area contributed by atoms with Crippen molar-refractivity contribution in [2.75, 3.05) is 0 Å². The van der Waals surface area contributed by atoms with Gasteiger partial charge in [-0.2, -0.15) is 0 Å². The van der Waals surface area contributed by atoms with Gasteiger partial charge in [-0.1, -0.05) is 0 Å². The van der Waals surface area contributed by atoms with Crippen molar-refractivity contribution in [3.05, 3.63) is 0 Å². The van der Waals surface area contributed by atoms with Gasteiger partial charge in [0.15, 0.2) is 0 Å². The van der Waals surface area contributed by atoms with Gasteiger partial charge in [-0.15, -0.1) is 0 Å². The molecule has 7 nitrogen and oxygen atoms in total. The first-order valence-corrected chi connectivity index (χ1v) is 3.76. The number of carboxylic acid groups (broad SMARTS) is 3. The van der Waals surface area contributed by atoms with E-state index in [1.165, 1.54) is 0 Å². The lowest BCUT2D eigenvalue weighted by Crippen LogP contribution is -2.51. The predicted molar refractivity (Wildman–Crippen MR) is 42.0 cm³/mol. The molecule has 0 aromatic rings. The summed E-state index contributed by atoms with van der Waals surface area (Å²) < 4.78 is 12.9. The molecule has 0 heterocycles. The summed E-state index contributed by atoms with van der Waals surface area (Å²) in [4.78, 5) is 30.7. The highest BCUT2D eigenvalue weighted by atomic mass is 19.1. The molecule has 0 aromatic carbocycles. The van der Waals surface area contributed by atoms with Crippen LogP contribution in [0.4, 0.5) is 4.39 Å². The molecule has 0 aliphatic heterocycles. The molecule has 0 fully saturated rings. The van der Waals surface area contributed by atoms with Gasteiger partial charge in [-0.25, -0.2) is 14.0 Å². The van der Waals surface area contributed by atoms with Crippen LogP contribution in [0.25, 0.3) is 0 Å². The molecule has 0 amide bonds. The van der Waals surface area contributed by atoms with Crippen LogP contribution in [0.15, 0.2) is 0 Å². The van der Waals surface area contributed by atoms with Crippen molar-refractivity contribution in [3.63, 3.8) is 0 Å². The summed E-state index contributed by atoms with van der Waals surface area (Å²) in [6, 6.07) is 0. The molecule has 0 rings (SSSR count). The normalized spacial score (nSPS) is 16.4. The maximum Gasteiger partial charge on any atom is 0.342 e. The smallest absolute Gasteiger partial charge is 0.342 e. The zero-order valence-corrected chi connectivity index (χ0v) is 7.38. The molecule has 4 N–H and O–H groups in total. The van der Waals surface area contributed by atoms with Crippen molar-refractivity contribution in [2.45, 2.75) is 24.6 Å². The molecule has 15 heavy (non-hydrogen) atoms. The van der Waals surface area contributed by atoms with E-state index in [9.17, 15) is 18.8 Å². The van der Waals surface area contributed by atoms with E-state index in [-0.39, 0.29) is 0 Å². The van der Waals surface area contributed by atoms with Crippen molar-refractivity contribution < 1.29 is 39.2 Å². The van der Waals surface area contributed by atoms with Crippen LogP contribution in [0.3, 0.4) is 0 Å². The first-order chi connectivity index (χ1) is 6.71. The number of rotatable bonds is 6. The molecular formula is C7H9FO7. The number of carboxylic acids is 3. The summed E-state index contributed by atoms with van der Waals surface area (Å²) in [6.45, 7) is 0. The number of aliphatic hydroxyl groups is 1. The van der Waals surface area contributed by atoms with Gasteiger partial charge >= 0.3 is 17.9 Å². The van der Waals surface area contributed by atoms with Crippen LogP contribution in [0.1, 0.15) is 12.8 Å². The predicted octanol–water partition coefficient (Wildman–Crippen LogP) is -0.910. The van der Waals surface area contributed by atoms with E-state index < -0.39 is 42.5 Å². The number of hydrogen-bond donors (Lipinski definition) is 4. The number of aliphatic carboxylic acids is 3. The third kappa shape index (κ3) is 3.17. The highest BCUT2D eigenvalue weighted by Crippen LogP contribution is 2.21. The second-order valence-electron chi connectivity index (χ2n) is 2.82. The first kappa shape index (κ1) is 13.3. The van der Waals surface area contributed by atoms with Crippen LogP contribution in [0, 0.1) is 0 Å². The lowest BCUT2D eigenvalue weighted by atomic mass is 9.92. The molecular weight excluding hydrogens is 215 g/mol. The van der Waals surface area contributed by atoms with Crippen LogP contribution in [0.2, 0.25) is 0 Å². The van der Waals surface area contributed by atoms with Gasteiger partial charge in [0.2, 0.25) is 11.8 Å².